The average molecular weight is 393 g/mol. The predicted molar refractivity (Wildman–Crippen MR) is 111 cm³/mol. The highest BCUT2D eigenvalue weighted by atomic mass is 35.5. The van der Waals surface area contributed by atoms with Gasteiger partial charge in [0.25, 0.3) is 0 Å². The molecule has 28 heavy (non-hydrogen) atoms. The van der Waals surface area contributed by atoms with Crippen LogP contribution in [0.1, 0.15) is 0 Å². The molecule has 2 aromatic carbocycles. The SMILES string of the molecule is COc1cc(Nc2nc(-c3cccnc3)nc3ccc(Cl)cc23)cc(OC)c1. The lowest BCUT2D eigenvalue weighted by molar-refractivity contribution is 0.395. The third-order valence-corrected chi connectivity index (χ3v) is 4.43. The molecule has 2 aromatic heterocycles. The maximum atomic E-state index is 6.21. The standard InChI is InChI=1S/C21H17ClN4O2/c1-27-16-9-15(10-17(11-16)28-2)24-21-18-8-14(22)5-6-19(18)25-20(26-21)13-4-3-7-23-12-13/h3-12H,1-2H3,(H,24,25,26). The van der Waals surface area contributed by atoms with Crippen LogP contribution >= 0.6 is 11.6 Å². The van der Waals surface area contributed by atoms with Gasteiger partial charge in [-0.05, 0) is 30.3 Å². The second-order valence-corrected chi connectivity index (χ2v) is 6.46. The van der Waals surface area contributed by atoms with Gasteiger partial charge >= 0.3 is 0 Å². The van der Waals surface area contributed by atoms with Crippen molar-refractivity contribution in [3.8, 4) is 22.9 Å². The number of hydrogen-bond donors (Lipinski definition) is 1. The number of benzene rings is 2. The molecule has 0 radical (unpaired) electrons. The van der Waals surface area contributed by atoms with Gasteiger partial charge in [-0.25, -0.2) is 9.97 Å². The van der Waals surface area contributed by atoms with Crippen molar-refractivity contribution in [1.82, 2.24) is 15.0 Å². The van der Waals surface area contributed by atoms with Crippen molar-refractivity contribution in [2.75, 3.05) is 19.5 Å². The van der Waals surface area contributed by atoms with Gasteiger partial charge < -0.3 is 14.8 Å². The number of nitrogens with zero attached hydrogens (tertiary/aromatic N) is 3. The van der Waals surface area contributed by atoms with Gasteiger partial charge in [-0.2, -0.15) is 0 Å². The summed E-state index contributed by atoms with van der Waals surface area (Å²) in [6.07, 6.45) is 3.45. The number of rotatable bonds is 5. The molecule has 0 aliphatic heterocycles. The Morgan fingerprint density at radius 1 is 0.929 bits per heavy atom. The summed E-state index contributed by atoms with van der Waals surface area (Å²) in [6.45, 7) is 0. The molecule has 2 heterocycles. The van der Waals surface area contributed by atoms with E-state index in [2.05, 4.69) is 15.3 Å². The highest BCUT2D eigenvalue weighted by Crippen LogP contribution is 2.32. The van der Waals surface area contributed by atoms with Crippen LogP contribution in [0.15, 0.2) is 60.9 Å². The van der Waals surface area contributed by atoms with Crippen molar-refractivity contribution in [2.45, 2.75) is 0 Å². The predicted octanol–water partition coefficient (Wildman–Crippen LogP) is 5.11. The van der Waals surface area contributed by atoms with Crippen molar-refractivity contribution in [1.29, 1.82) is 0 Å². The summed E-state index contributed by atoms with van der Waals surface area (Å²) in [5.41, 5.74) is 2.37. The lowest BCUT2D eigenvalue weighted by atomic mass is 10.2. The Balaban J connectivity index is 1.86. The van der Waals surface area contributed by atoms with Gasteiger partial charge in [-0.3, -0.25) is 4.98 Å². The molecule has 0 aliphatic carbocycles. The first kappa shape index (κ1) is 18.0. The van der Waals surface area contributed by atoms with Gasteiger partial charge in [0.05, 0.1) is 19.7 Å². The van der Waals surface area contributed by atoms with Gasteiger partial charge in [-0.1, -0.05) is 11.6 Å². The van der Waals surface area contributed by atoms with Crippen molar-refractivity contribution >= 4 is 34.0 Å². The zero-order chi connectivity index (χ0) is 19.5. The number of anilines is 2. The minimum atomic E-state index is 0.570. The van der Waals surface area contributed by atoms with Crippen LogP contribution in [-0.2, 0) is 0 Å². The second-order valence-electron chi connectivity index (χ2n) is 6.03. The Bertz CT molecular complexity index is 1110. The first-order valence-corrected chi connectivity index (χ1v) is 8.92. The summed E-state index contributed by atoms with van der Waals surface area (Å²) in [7, 11) is 3.22. The van der Waals surface area contributed by atoms with E-state index in [1.54, 1.807) is 32.7 Å². The summed E-state index contributed by atoms with van der Waals surface area (Å²) >= 11 is 6.21. The molecule has 1 N–H and O–H groups in total. The normalized spacial score (nSPS) is 10.7. The van der Waals surface area contributed by atoms with Gasteiger partial charge in [0.15, 0.2) is 5.82 Å². The molecular formula is C21H17ClN4O2. The molecule has 4 rings (SSSR count). The largest absolute Gasteiger partial charge is 0.497 e. The molecule has 0 amide bonds. The highest BCUT2D eigenvalue weighted by molar-refractivity contribution is 6.31. The average Bonchev–Trinajstić information content (AvgIpc) is 2.74. The fourth-order valence-corrected chi connectivity index (χ4v) is 3.01. The van der Waals surface area contributed by atoms with Gasteiger partial charge in [0.1, 0.15) is 17.3 Å². The molecule has 6 nitrogen and oxygen atoms in total. The van der Waals surface area contributed by atoms with E-state index in [4.69, 9.17) is 26.1 Å². The van der Waals surface area contributed by atoms with Crippen LogP contribution in [0.5, 0.6) is 11.5 Å². The lowest BCUT2D eigenvalue weighted by Gasteiger charge is -2.13. The maximum absolute atomic E-state index is 6.21. The molecule has 140 valence electrons. The van der Waals surface area contributed by atoms with Crippen molar-refractivity contribution in [2.24, 2.45) is 0 Å². The fourth-order valence-electron chi connectivity index (χ4n) is 2.84. The summed E-state index contributed by atoms with van der Waals surface area (Å²) in [5.74, 6) is 2.54. The summed E-state index contributed by atoms with van der Waals surface area (Å²) < 4.78 is 10.7. The second kappa shape index (κ2) is 7.70. The van der Waals surface area contributed by atoms with Crippen molar-refractivity contribution < 1.29 is 9.47 Å². The summed E-state index contributed by atoms with van der Waals surface area (Å²) in [6, 6.07) is 14.8. The Morgan fingerprint density at radius 3 is 2.39 bits per heavy atom. The molecule has 0 spiro atoms. The lowest BCUT2D eigenvalue weighted by Crippen LogP contribution is -2.00. The molecule has 0 saturated carbocycles. The van der Waals surface area contributed by atoms with Gasteiger partial charge in [-0.15, -0.1) is 0 Å². The number of hydrogen-bond acceptors (Lipinski definition) is 6. The fraction of sp³-hybridized carbons (Fsp3) is 0.0952. The zero-order valence-electron chi connectivity index (χ0n) is 15.3. The van der Waals surface area contributed by atoms with E-state index in [1.807, 2.05) is 42.5 Å². The minimum absolute atomic E-state index is 0.570. The molecule has 0 atom stereocenters. The van der Waals surface area contributed by atoms with E-state index in [1.165, 1.54) is 0 Å². The van der Waals surface area contributed by atoms with E-state index in [9.17, 15) is 0 Å². The quantitative estimate of drug-likeness (QED) is 0.509. The number of nitrogens with one attached hydrogen (secondary N) is 1. The Hall–Kier alpha value is -3.38. The van der Waals surface area contributed by atoms with Crippen LogP contribution in [0.4, 0.5) is 11.5 Å². The number of halogens is 1. The summed E-state index contributed by atoms with van der Waals surface area (Å²) in [5, 5.41) is 4.76. The monoisotopic (exact) mass is 392 g/mol. The smallest absolute Gasteiger partial charge is 0.163 e. The number of aromatic nitrogens is 3. The first-order valence-electron chi connectivity index (χ1n) is 8.54. The number of pyridine rings is 1. The highest BCUT2D eigenvalue weighted by Gasteiger charge is 2.12. The van der Waals surface area contributed by atoms with Gasteiger partial charge in [0.2, 0.25) is 0 Å². The number of ether oxygens (including phenoxy) is 2. The van der Waals surface area contributed by atoms with Crippen LogP contribution in [-0.4, -0.2) is 29.2 Å². The number of fused-ring (bicyclic) bond motifs is 1. The van der Waals surface area contributed by atoms with Crippen LogP contribution in [0.2, 0.25) is 5.02 Å². The van der Waals surface area contributed by atoms with Gasteiger partial charge in [0, 0.05) is 52.3 Å². The summed E-state index contributed by atoms with van der Waals surface area (Å²) in [4.78, 5) is 13.5. The molecule has 0 aliphatic rings. The van der Waals surface area contributed by atoms with E-state index >= 15 is 0 Å². The van der Waals surface area contributed by atoms with Crippen molar-refractivity contribution in [3.05, 3.63) is 65.9 Å². The van der Waals surface area contributed by atoms with Crippen LogP contribution in [0, 0.1) is 0 Å². The first-order chi connectivity index (χ1) is 13.7. The molecule has 0 bridgehead atoms. The zero-order valence-corrected chi connectivity index (χ0v) is 16.1. The molecule has 0 unspecified atom stereocenters. The topological polar surface area (TPSA) is 69.2 Å². The van der Waals surface area contributed by atoms with Crippen molar-refractivity contribution in [3.63, 3.8) is 0 Å². The van der Waals surface area contributed by atoms with E-state index in [0.717, 1.165) is 22.2 Å². The third-order valence-electron chi connectivity index (χ3n) is 4.19. The minimum Gasteiger partial charge on any atom is -0.497 e. The number of methoxy groups -OCH3 is 2. The van der Waals surface area contributed by atoms with E-state index < -0.39 is 0 Å². The third kappa shape index (κ3) is 3.68. The van der Waals surface area contributed by atoms with Crippen LogP contribution in [0.3, 0.4) is 0 Å². The molecule has 7 heteroatoms. The molecule has 0 saturated heterocycles. The molecule has 4 aromatic rings. The van der Waals surface area contributed by atoms with Crippen LogP contribution < -0.4 is 14.8 Å². The van der Waals surface area contributed by atoms with E-state index in [-0.39, 0.29) is 0 Å². The molecular weight excluding hydrogens is 376 g/mol. The maximum Gasteiger partial charge on any atom is 0.163 e. The van der Waals surface area contributed by atoms with E-state index in [0.29, 0.717) is 28.2 Å². The Morgan fingerprint density at radius 2 is 1.71 bits per heavy atom. The Labute approximate surface area is 167 Å². The van der Waals surface area contributed by atoms with Crippen LogP contribution in [0.25, 0.3) is 22.3 Å². The molecule has 0 fully saturated rings. The Kier molecular flexibility index (Phi) is 4.95.